The lowest BCUT2D eigenvalue weighted by Gasteiger charge is -2.32. The van der Waals surface area contributed by atoms with Gasteiger partial charge in [0.2, 0.25) is 0 Å². The second-order valence-electron chi connectivity index (χ2n) is 5.63. The standard InChI is InChI=1S/C15H17NO4/c1-8-4-10-5-9(2-3-13(10)20-8)14(17)16-12-6-11(7-12)15(18)19/h2-3,5,8,11-12H,4,6-7H2,1H3,(H,16,17)(H,18,19)/t8-,11?,12?/m0/s1. The molecule has 1 atom stereocenters. The smallest absolute Gasteiger partial charge is 0.306 e. The van der Waals surface area contributed by atoms with Crippen LogP contribution < -0.4 is 10.1 Å². The quantitative estimate of drug-likeness (QED) is 0.878. The Morgan fingerprint density at radius 3 is 2.80 bits per heavy atom. The van der Waals surface area contributed by atoms with Crippen LogP contribution in [-0.2, 0) is 11.2 Å². The maximum atomic E-state index is 12.1. The van der Waals surface area contributed by atoms with E-state index in [0.29, 0.717) is 18.4 Å². The molecule has 5 nitrogen and oxygen atoms in total. The van der Waals surface area contributed by atoms with E-state index in [1.807, 2.05) is 19.1 Å². The zero-order chi connectivity index (χ0) is 14.3. The highest BCUT2D eigenvalue weighted by molar-refractivity contribution is 5.95. The molecule has 3 rings (SSSR count). The van der Waals surface area contributed by atoms with E-state index in [9.17, 15) is 9.59 Å². The van der Waals surface area contributed by atoms with E-state index in [1.54, 1.807) is 6.07 Å². The van der Waals surface area contributed by atoms with Crippen LogP contribution in [0.3, 0.4) is 0 Å². The van der Waals surface area contributed by atoms with Crippen LogP contribution in [-0.4, -0.2) is 29.1 Å². The van der Waals surface area contributed by atoms with Crippen LogP contribution in [0.1, 0.15) is 35.7 Å². The van der Waals surface area contributed by atoms with E-state index in [-0.39, 0.29) is 24.0 Å². The first-order chi connectivity index (χ1) is 9.52. The first-order valence-electron chi connectivity index (χ1n) is 6.86. The Morgan fingerprint density at radius 2 is 2.10 bits per heavy atom. The van der Waals surface area contributed by atoms with Crippen molar-refractivity contribution in [3.63, 3.8) is 0 Å². The fraction of sp³-hybridized carbons (Fsp3) is 0.467. The van der Waals surface area contributed by atoms with E-state index < -0.39 is 5.97 Å². The molecule has 1 aliphatic heterocycles. The summed E-state index contributed by atoms with van der Waals surface area (Å²) in [5.74, 6) is -0.376. The van der Waals surface area contributed by atoms with Crippen molar-refractivity contribution >= 4 is 11.9 Å². The summed E-state index contributed by atoms with van der Waals surface area (Å²) in [4.78, 5) is 22.8. The summed E-state index contributed by atoms with van der Waals surface area (Å²) in [6, 6.07) is 5.42. The third-order valence-corrected chi connectivity index (χ3v) is 3.98. The Balaban J connectivity index is 1.61. The van der Waals surface area contributed by atoms with Gasteiger partial charge in [-0.25, -0.2) is 0 Å². The molecule has 0 saturated heterocycles. The number of rotatable bonds is 3. The average molecular weight is 275 g/mol. The lowest BCUT2D eigenvalue weighted by Crippen LogP contribution is -2.46. The van der Waals surface area contributed by atoms with E-state index >= 15 is 0 Å². The van der Waals surface area contributed by atoms with Crippen molar-refractivity contribution < 1.29 is 19.4 Å². The van der Waals surface area contributed by atoms with Crippen LogP contribution in [0.2, 0.25) is 0 Å². The molecule has 2 N–H and O–H groups in total. The Kier molecular flexibility index (Phi) is 3.12. The zero-order valence-corrected chi connectivity index (χ0v) is 11.3. The molecule has 5 heteroatoms. The van der Waals surface area contributed by atoms with Gasteiger partial charge in [-0.15, -0.1) is 0 Å². The molecular formula is C15H17NO4. The monoisotopic (exact) mass is 275 g/mol. The Hall–Kier alpha value is -2.04. The molecule has 0 spiro atoms. The molecule has 1 saturated carbocycles. The highest BCUT2D eigenvalue weighted by Crippen LogP contribution is 2.30. The molecule has 1 aliphatic carbocycles. The maximum absolute atomic E-state index is 12.1. The van der Waals surface area contributed by atoms with Crippen LogP contribution in [0.5, 0.6) is 5.75 Å². The van der Waals surface area contributed by atoms with Crippen molar-refractivity contribution in [1.29, 1.82) is 0 Å². The topological polar surface area (TPSA) is 75.6 Å². The number of carboxylic acids is 1. The predicted molar refractivity (Wildman–Crippen MR) is 71.9 cm³/mol. The van der Waals surface area contributed by atoms with Gasteiger partial charge in [-0.1, -0.05) is 0 Å². The molecule has 20 heavy (non-hydrogen) atoms. The molecular weight excluding hydrogens is 258 g/mol. The van der Waals surface area contributed by atoms with Crippen LogP contribution >= 0.6 is 0 Å². The molecule has 0 aromatic heterocycles. The van der Waals surface area contributed by atoms with Crippen LogP contribution in [0.15, 0.2) is 18.2 Å². The highest BCUT2D eigenvalue weighted by atomic mass is 16.5. The third-order valence-electron chi connectivity index (χ3n) is 3.98. The maximum Gasteiger partial charge on any atom is 0.306 e. The summed E-state index contributed by atoms with van der Waals surface area (Å²) in [5.41, 5.74) is 1.67. The van der Waals surface area contributed by atoms with Gasteiger partial charge in [0, 0.05) is 18.0 Å². The minimum Gasteiger partial charge on any atom is -0.490 e. The molecule has 1 aromatic carbocycles. The molecule has 1 aromatic rings. The molecule has 0 bridgehead atoms. The Labute approximate surface area is 116 Å². The van der Waals surface area contributed by atoms with Gasteiger partial charge >= 0.3 is 5.97 Å². The number of hydrogen-bond donors (Lipinski definition) is 2. The molecule has 1 heterocycles. The van der Waals surface area contributed by atoms with Gasteiger partial charge in [-0.3, -0.25) is 9.59 Å². The summed E-state index contributed by atoms with van der Waals surface area (Å²) >= 11 is 0. The van der Waals surface area contributed by atoms with Gasteiger partial charge in [0.15, 0.2) is 0 Å². The van der Waals surface area contributed by atoms with Crippen molar-refractivity contribution in [3.05, 3.63) is 29.3 Å². The zero-order valence-electron chi connectivity index (χ0n) is 11.3. The minimum absolute atomic E-state index is 0.0213. The highest BCUT2D eigenvalue weighted by Gasteiger charge is 2.35. The van der Waals surface area contributed by atoms with Gasteiger partial charge in [-0.05, 0) is 43.5 Å². The minimum atomic E-state index is -0.779. The van der Waals surface area contributed by atoms with Gasteiger partial charge in [0.25, 0.3) is 5.91 Å². The van der Waals surface area contributed by atoms with Crippen molar-refractivity contribution in [2.45, 2.75) is 38.3 Å². The summed E-state index contributed by atoms with van der Waals surface area (Å²) in [6.07, 6.45) is 2.02. The lowest BCUT2D eigenvalue weighted by molar-refractivity contribution is -0.145. The average Bonchev–Trinajstić information content (AvgIpc) is 2.71. The second-order valence-corrected chi connectivity index (χ2v) is 5.63. The van der Waals surface area contributed by atoms with E-state index in [2.05, 4.69) is 5.32 Å². The van der Waals surface area contributed by atoms with Gasteiger partial charge in [0.1, 0.15) is 11.9 Å². The second kappa shape index (κ2) is 4.81. The van der Waals surface area contributed by atoms with Crippen LogP contribution in [0, 0.1) is 5.92 Å². The summed E-state index contributed by atoms with van der Waals surface area (Å²) in [6.45, 7) is 2.00. The number of carbonyl (C=O) groups excluding carboxylic acids is 1. The molecule has 1 amide bonds. The fourth-order valence-electron chi connectivity index (χ4n) is 2.77. The van der Waals surface area contributed by atoms with E-state index in [4.69, 9.17) is 9.84 Å². The number of ether oxygens (including phenoxy) is 1. The number of nitrogens with one attached hydrogen (secondary N) is 1. The number of hydrogen-bond acceptors (Lipinski definition) is 3. The summed E-state index contributed by atoms with van der Waals surface area (Å²) in [7, 11) is 0. The predicted octanol–water partition coefficient (Wildman–Crippen LogP) is 1.60. The van der Waals surface area contributed by atoms with E-state index in [1.165, 1.54) is 0 Å². The first kappa shape index (κ1) is 13.0. The summed E-state index contributed by atoms with van der Waals surface area (Å²) < 4.78 is 5.60. The van der Waals surface area contributed by atoms with Gasteiger partial charge < -0.3 is 15.2 Å². The van der Waals surface area contributed by atoms with E-state index in [0.717, 1.165) is 17.7 Å². The van der Waals surface area contributed by atoms with Crippen molar-refractivity contribution in [3.8, 4) is 5.75 Å². The number of fused-ring (bicyclic) bond motifs is 1. The number of carboxylic acid groups (broad SMARTS) is 1. The van der Waals surface area contributed by atoms with Crippen molar-refractivity contribution in [2.75, 3.05) is 0 Å². The summed E-state index contributed by atoms with van der Waals surface area (Å²) in [5, 5.41) is 11.7. The number of carbonyl (C=O) groups is 2. The van der Waals surface area contributed by atoms with Crippen molar-refractivity contribution in [2.24, 2.45) is 5.92 Å². The van der Waals surface area contributed by atoms with Gasteiger partial charge in [0.05, 0.1) is 5.92 Å². The normalized spacial score (nSPS) is 27.1. The number of aliphatic carboxylic acids is 1. The third kappa shape index (κ3) is 2.35. The van der Waals surface area contributed by atoms with Crippen LogP contribution in [0.25, 0.3) is 0 Å². The largest absolute Gasteiger partial charge is 0.490 e. The first-order valence-corrected chi connectivity index (χ1v) is 6.86. The van der Waals surface area contributed by atoms with Crippen molar-refractivity contribution in [1.82, 2.24) is 5.32 Å². The molecule has 0 radical (unpaired) electrons. The number of amides is 1. The Morgan fingerprint density at radius 1 is 1.35 bits per heavy atom. The number of benzene rings is 1. The Bertz CT molecular complexity index is 563. The van der Waals surface area contributed by atoms with Gasteiger partial charge in [-0.2, -0.15) is 0 Å². The molecule has 2 aliphatic rings. The molecule has 0 unspecified atom stereocenters. The fourth-order valence-corrected chi connectivity index (χ4v) is 2.77. The molecule has 1 fully saturated rings. The molecule has 106 valence electrons. The SMILES string of the molecule is C[C@H]1Cc2cc(C(=O)NC3CC(C(=O)O)C3)ccc2O1. The van der Waals surface area contributed by atoms with Crippen LogP contribution in [0.4, 0.5) is 0 Å². The lowest BCUT2D eigenvalue weighted by atomic mass is 9.80.